The average Bonchev–Trinajstić information content (AvgIpc) is 3.26. The summed E-state index contributed by atoms with van der Waals surface area (Å²) in [5.41, 5.74) is 1.18. The third kappa shape index (κ3) is 6.38. The lowest BCUT2D eigenvalue weighted by molar-refractivity contribution is -0.113. The number of anilines is 1. The molecule has 2 N–H and O–H groups in total. The highest BCUT2D eigenvalue weighted by molar-refractivity contribution is 7.99. The van der Waals surface area contributed by atoms with Crippen molar-refractivity contribution in [3.05, 3.63) is 72.6 Å². The van der Waals surface area contributed by atoms with E-state index in [1.165, 1.54) is 11.8 Å². The quantitative estimate of drug-likeness (QED) is 0.318. The standard InChI is InChI=1S/C24H27N5O4S/c1-5-14-29-22(16(2)25-23(31)17-6-10-19(32-3)11-7-17)27-28-24(29)34-15-21(30)26-18-8-12-20(33-4)13-9-18/h5-13,16H,1,14-15H2,2-4H3,(H,25,31)(H,26,30)/t16-/m0/s1. The molecule has 0 aliphatic carbocycles. The highest BCUT2D eigenvalue weighted by atomic mass is 32.2. The Kier molecular flexibility index (Phi) is 8.69. The number of allylic oxidation sites excluding steroid dienone is 1. The zero-order valence-corrected chi connectivity index (χ0v) is 20.1. The van der Waals surface area contributed by atoms with Gasteiger partial charge in [0.25, 0.3) is 5.91 Å². The number of carbonyl (C=O) groups is 2. The smallest absolute Gasteiger partial charge is 0.251 e. The maximum Gasteiger partial charge on any atom is 0.251 e. The van der Waals surface area contributed by atoms with Gasteiger partial charge in [-0.25, -0.2) is 0 Å². The molecule has 3 rings (SSSR count). The van der Waals surface area contributed by atoms with Crippen molar-refractivity contribution in [1.82, 2.24) is 20.1 Å². The number of hydrogen-bond donors (Lipinski definition) is 2. The van der Waals surface area contributed by atoms with Crippen LogP contribution in [-0.2, 0) is 11.3 Å². The van der Waals surface area contributed by atoms with E-state index in [0.717, 1.165) is 0 Å². The first-order chi connectivity index (χ1) is 16.4. The van der Waals surface area contributed by atoms with E-state index in [4.69, 9.17) is 9.47 Å². The van der Waals surface area contributed by atoms with Gasteiger partial charge in [-0.1, -0.05) is 17.8 Å². The minimum absolute atomic E-state index is 0.147. The topological polar surface area (TPSA) is 107 Å². The van der Waals surface area contributed by atoms with E-state index in [2.05, 4.69) is 27.4 Å². The van der Waals surface area contributed by atoms with Gasteiger partial charge in [-0.3, -0.25) is 9.59 Å². The molecular weight excluding hydrogens is 454 g/mol. The highest BCUT2D eigenvalue weighted by Gasteiger charge is 2.20. The number of nitrogens with zero attached hydrogens (tertiary/aromatic N) is 3. The second kappa shape index (κ2) is 11.9. The number of amides is 2. The van der Waals surface area contributed by atoms with E-state index in [1.807, 2.05) is 11.5 Å². The number of nitrogens with one attached hydrogen (secondary N) is 2. The van der Waals surface area contributed by atoms with E-state index in [0.29, 0.717) is 40.3 Å². The molecule has 2 aromatic carbocycles. The summed E-state index contributed by atoms with van der Waals surface area (Å²) in [6, 6.07) is 13.5. The van der Waals surface area contributed by atoms with Gasteiger partial charge in [0.15, 0.2) is 11.0 Å². The van der Waals surface area contributed by atoms with Crippen LogP contribution < -0.4 is 20.1 Å². The molecule has 0 aliphatic heterocycles. The lowest BCUT2D eigenvalue weighted by Gasteiger charge is -2.15. The Bertz CT molecular complexity index is 1130. The fourth-order valence-electron chi connectivity index (χ4n) is 3.12. The third-order valence-electron chi connectivity index (χ3n) is 4.85. The van der Waals surface area contributed by atoms with Crippen LogP contribution in [0.25, 0.3) is 0 Å². The Morgan fingerprint density at radius 3 is 2.26 bits per heavy atom. The number of aromatic nitrogens is 3. The minimum atomic E-state index is -0.412. The van der Waals surface area contributed by atoms with Crippen LogP contribution in [-0.4, -0.2) is 46.6 Å². The number of benzene rings is 2. The molecule has 3 aromatic rings. The summed E-state index contributed by atoms with van der Waals surface area (Å²) < 4.78 is 12.1. The molecule has 0 bridgehead atoms. The van der Waals surface area contributed by atoms with E-state index in [9.17, 15) is 9.59 Å². The number of hydrogen-bond acceptors (Lipinski definition) is 7. The Hall–Kier alpha value is -3.79. The van der Waals surface area contributed by atoms with Gasteiger partial charge in [0.05, 0.1) is 26.0 Å². The summed E-state index contributed by atoms with van der Waals surface area (Å²) in [4.78, 5) is 25.0. The summed E-state index contributed by atoms with van der Waals surface area (Å²) in [6.07, 6.45) is 1.71. The summed E-state index contributed by atoms with van der Waals surface area (Å²) in [6.45, 7) is 6.06. The Balaban J connectivity index is 1.63. The lowest BCUT2D eigenvalue weighted by atomic mass is 10.2. The van der Waals surface area contributed by atoms with Crippen LogP contribution in [0.5, 0.6) is 11.5 Å². The molecule has 1 atom stereocenters. The fraction of sp³-hybridized carbons (Fsp3) is 0.250. The number of carbonyl (C=O) groups excluding carboxylic acids is 2. The largest absolute Gasteiger partial charge is 0.497 e. The van der Waals surface area contributed by atoms with Crippen LogP contribution in [0.2, 0.25) is 0 Å². The second-order valence-corrected chi connectivity index (χ2v) is 8.17. The molecule has 1 aromatic heterocycles. The van der Waals surface area contributed by atoms with Gasteiger partial charge < -0.3 is 24.7 Å². The molecule has 10 heteroatoms. The van der Waals surface area contributed by atoms with Gasteiger partial charge in [-0.2, -0.15) is 0 Å². The van der Waals surface area contributed by atoms with Crippen molar-refractivity contribution in [3.63, 3.8) is 0 Å². The second-order valence-electron chi connectivity index (χ2n) is 7.23. The first kappa shape index (κ1) is 24.8. The molecule has 0 radical (unpaired) electrons. The molecule has 0 aliphatic rings. The average molecular weight is 482 g/mol. The number of rotatable bonds is 11. The highest BCUT2D eigenvalue weighted by Crippen LogP contribution is 2.22. The third-order valence-corrected chi connectivity index (χ3v) is 5.82. The normalized spacial score (nSPS) is 11.4. The summed E-state index contributed by atoms with van der Waals surface area (Å²) in [5.74, 6) is 1.69. The molecule has 9 nitrogen and oxygen atoms in total. The molecule has 34 heavy (non-hydrogen) atoms. The van der Waals surface area contributed by atoms with Crippen molar-refractivity contribution < 1.29 is 19.1 Å². The molecule has 0 spiro atoms. The maximum absolute atomic E-state index is 12.6. The molecule has 2 amide bonds. The SMILES string of the molecule is C=CCn1c(SCC(=O)Nc2ccc(OC)cc2)nnc1[C@H](C)NC(=O)c1ccc(OC)cc1. The van der Waals surface area contributed by atoms with E-state index in [-0.39, 0.29) is 17.6 Å². The van der Waals surface area contributed by atoms with Crippen LogP contribution in [0.1, 0.15) is 29.1 Å². The monoisotopic (exact) mass is 481 g/mol. The first-order valence-corrected chi connectivity index (χ1v) is 11.5. The van der Waals surface area contributed by atoms with Gasteiger partial charge in [0, 0.05) is 17.8 Å². The fourth-order valence-corrected chi connectivity index (χ4v) is 3.87. The zero-order valence-electron chi connectivity index (χ0n) is 19.3. The first-order valence-electron chi connectivity index (χ1n) is 10.5. The zero-order chi connectivity index (χ0) is 24.5. The van der Waals surface area contributed by atoms with E-state index < -0.39 is 6.04 Å². The Morgan fingerprint density at radius 2 is 1.68 bits per heavy atom. The van der Waals surface area contributed by atoms with Gasteiger partial charge in [-0.05, 0) is 55.5 Å². The summed E-state index contributed by atoms with van der Waals surface area (Å²) >= 11 is 1.26. The number of thioether (sulfide) groups is 1. The van der Waals surface area contributed by atoms with Crippen molar-refractivity contribution in [2.24, 2.45) is 0 Å². The molecule has 0 saturated heterocycles. The van der Waals surface area contributed by atoms with Crippen molar-refractivity contribution in [2.45, 2.75) is 24.7 Å². The summed E-state index contributed by atoms with van der Waals surface area (Å²) in [7, 11) is 3.16. The van der Waals surface area contributed by atoms with Crippen molar-refractivity contribution >= 4 is 29.3 Å². The van der Waals surface area contributed by atoms with Crippen molar-refractivity contribution in [1.29, 1.82) is 0 Å². The van der Waals surface area contributed by atoms with E-state index >= 15 is 0 Å². The van der Waals surface area contributed by atoms with Crippen LogP contribution >= 0.6 is 11.8 Å². The van der Waals surface area contributed by atoms with Gasteiger partial charge in [0.1, 0.15) is 11.5 Å². The van der Waals surface area contributed by atoms with Gasteiger partial charge in [-0.15, -0.1) is 16.8 Å². The van der Waals surface area contributed by atoms with Crippen LogP contribution in [0.15, 0.2) is 66.3 Å². The molecule has 0 saturated carbocycles. The van der Waals surface area contributed by atoms with Gasteiger partial charge >= 0.3 is 0 Å². The minimum Gasteiger partial charge on any atom is -0.497 e. The molecule has 0 fully saturated rings. The predicted octanol–water partition coefficient (Wildman–Crippen LogP) is 3.70. The number of methoxy groups -OCH3 is 2. The number of ether oxygens (including phenoxy) is 2. The van der Waals surface area contributed by atoms with E-state index in [1.54, 1.807) is 68.8 Å². The molecule has 178 valence electrons. The Labute approximate surface area is 202 Å². The Morgan fingerprint density at radius 1 is 1.06 bits per heavy atom. The van der Waals surface area contributed by atoms with Crippen LogP contribution in [0, 0.1) is 0 Å². The molecule has 0 unspecified atom stereocenters. The van der Waals surface area contributed by atoms with Gasteiger partial charge in [0.2, 0.25) is 5.91 Å². The lowest BCUT2D eigenvalue weighted by Crippen LogP contribution is -2.28. The summed E-state index contributed by atoms with van der Waals surface area (Å²) in [5, 5.41) is 14.8. The van der Waals surface area contributed by atoms with Crippen LogP contribution in [0.3, 0.4) is 0 Å². The molecular formula is C24H27N5O4S. The van der Waals surface area contributed by atoms with Crippen molar-refractivity contribution in [3.8, 4) is 11.5 Å². The maximum atomic E-state index is 12.6. The van der Waals surface area contributed by atoms with Crippen molar-refractivity contribution in [2.75, 3.05) is 25.3 Å². The van der Waals surface area contributed by atoms with Crippen LogP contribution in [0.4, 0.5) is 5.69 Å². The predicted molar refractivity (Wildman–Crippen MR) is 131 cm³/mol. The molecule has 1 heterocycles.